The summed E-state index contributed by atoms with van der Waals surface area (Å²) in [5, 5.41) is 3.53. The molecule has 226 valence electrons. The van der Waals surface area contributed by atoms with E-state index in [1.54, 1.807) is 12.1 Å². The molecule has 0 amide bonds. The average molecular weight is 612 g/mol. The van der Waals surface area contributed by atoms with Crippen LogP contribution in [0, 0.1) is 25.1 Å². The summed E-state index contributed by atoms with van der Waals surface area (Å²) in [4.78, 5) is 31.9. The van der Waals surface area contributed by atoms with Crippen molar-refractivity contribution in [2.45, 2.75) is 83.3 Å². The third-order valence-electron chi connectivity index (χ3n) is 8.75. The van der Waals surface area contributed by atoms with E-state index in [4.69, 9.17) is 30.3 Å². The molecule has 3 aliphatic carbocycles. The molecule has 0 saturated heterocycles. The number of nitrogens with one attached hydrogen (secondary N) is 1. The number of halogens is 2. The lowest BCUT2D eigenvalue weighted by Crippen LogP contribution is -2.64. The number of hydrogen-bond acceptors (Lipinski definition) is 8. The number of fused-ring (bicyclic) bond motifs is 3. The highest BCUT2D eigenvalue weighted by molar-refractivity contribution is 7.39. The Morgan fingerprint density at radius 2 is 1.88 bits per heavy atom. The molecule has 3 N–H and O–H groups in total. The maximum Gasteiger partial charge on any atom is 0.391 e. The van der Waals surface area contributed by atoms with Crippen molar-refractivity contribution >= 4 is 26.2 Å². The standard InChI is InChI=1S/C30H40ClFNO7P/c1-19-12-20(2)27(24(13-19)40-41(35)36)28(3,4)16-26(34)39-18-38-25-15-29(8-10-30(25,33-5)11-9-29)17-37-21-6-7-22(31)23(32)14-21/h6-7,12-14,25,33,35-36H,8-11,15-18H2,1-5H3. The minimum atomic E-state index is -2.61. The highest BCUT2D eigenvalue weighted by atomic mass is 35.5. The molecule has 11 heteroatoms. The Hall–Kier alpha value is -2.00. The van der Waals surface area contributed by atoms with Crippen molar-refractivity contribution in [2.75, 3.05) is 20.4 Å². The zero-order chi connectivity index (χ0) is 30.0. The minimum Gasteiger partial charge on any atom is -0.493 e. The Morgan fingerprint density at radius 3 is 2.51 bits per heavy atom. The van der Waals surface area contributed by atoms with Crippen molar-refractivity contribution in [2.24, 2.45) is 5.41 Å². The van der Waals surface area contributed by atoms with Gasteiger partial charge in [0.2, 0.25) is 0 Å². The Labute approximate surface area is 247 Å². The van der Waals surface area contributed by atoms with Gasteiger partial charge in [-0.15, -0.1) is 0 Å². The number of ether oxygens (including phenoxy) is 3. The van der Waals surface area contributed by atoms with Gasteiger partial charge in [-0.2, -0.15) is 0 Å². The number of hydrogen-bond donors (Lipinski definition) is 3. The van der Waals surface area contributed by atoms with Gasteiger partial charge >= 0.3 is 14.6 Å². The molecule has 0 heterocycles. The maximum absolute atomic E-state index is 13.9. The lowest BCUT2D eigenvalue weighted by Gasteiger charge is -2.57. The molecule has 0 aliphatic heterocycles. The lowest BCUT2D eigenvalue weighted by atomic mass is 9.56. The molecule has 8 nitrogen and oxygen atoms in total. The number of rotatable bonds is 12. The van der Waals surface area contributed by atoms with Crippen LogP contribution in [0.25, 0.3) is 0 Å². The number of benzene rings is 2. The van der Waals surface area contributed by atoms with Gasteiger partial charge in [0.25, 0.3) is 0 Å². The predicted octanol–water partition coefficient (Wildman–Crippen LogP) is 6.24. The van der Waals surface area contributed by atoms with Gasteiger partial charge in [-0.1, -0.05) is 31.5 Å². The molecule has 0 radical (unpaired) electrons. The Kier molecular flexibility index (Phi) is 9.89. The van der Waals surface area contributed by atoms with E-state index in [0.29, 0.717) is 18.1 Å². The van der Waals surface area contributed by atoms with E-state index in [-0.39, 0.29) is 35.3 Å². The van der Waals surface area contributed by atoms with Crippen LogP contribution in [0.15, 0.2) is 30.3 Å². The van der Waals surface area contributed by atoms with Crippen LogP contribution >= 0.6 is 20.2 Å². The zero-order valence-electron chi connectivity index (χ0n) is 24.3. The fourth-order valence-corrected chi connectivity index (χ4v) is 7.05. The summed E-state index contributed by atoms with van der Waals surface area (Å²) in [7, 11) is -0.673. The van der Waals surface area contributed by atoms with Crippen molar-refractivity contribution in [3.05, 3.63) is 57.9 Å². The monoisotopic (exact) mass is 611 g/mol. The molecule has 0 spiro atoms. The van der Waals surface area contributed by atoms with Crippen molar-refractivity contribution in [3.8, 4) is 11.5 Å². The van der Waals surface area contributed by atoms with Crippen LogP contribution in [0.4, 0.5) is 4.39 Å². The molecule has 3 aliphatic rings. The third-order valence-corrected chi connectivity index (χ3v) is 9.41. The van der Waals surface area contributed by atoms with E-state index in [0.717, 1.165) is 48.8 Å². The zero-order valence-corrected chi connectivity index (χ0v) is 25.9. The SMILES string of the molecule is CNC12CCC(COc3ccc(Cl)c(F)c3)(CC1)CC2OCOC(=O)CC(C)(C)c1c(C)cc(C)cc1OP(O)O. The van der Waals surface area contributed by atoms with Crippen LogP contribution in [0.3, 0.4) is 0 Å². The molecule has 3 saturated carbocycles. The van der Waals surface area contributed by atoms with Crippen molar-refractivity contribution in [1.29, 1.82) is 0 Å². The lowest BCUT2D eigenvalue weighted by molar-refractivity contribution is -0.185. The second kappa shape index (κ2) is 12.7. The minimum absolute atomic E-state index is 0.0443. The number of carbonyl (C=O) groups is 1. The second-order valence-electron chi connectivity index (χ2n) is 12.1. The van der Waals surface area contributed by atoms with E-state index in [1.807, 2.05) is 40.8 Å². The Bertz CT molecular complexity index is 1250. The van der Waals surface area contributed by atoms with E-state index in [2.05, 4.69) is 5.32 Å². The van der Waals surface area contributed by atoms with Crippen LogP contribution in [0.5, 0.6) is 11.5 Å². The summed E-state index contributed by atoms with van der Waals surface area (Å²) in [5.41, 5.74) is 1.48. The van der Waals surface area contributed by atoms with Crippen LogP contribution in [-0.2, 0) is 19.7 Å². The average Bonchev–Trinajstić information content (AvgIpc) is 2.89. The highest BCUT2D eigenvalue weighted by Crippen LogP contribution is 2.53. The summed E-state index contributed by atoms with van der Waals surface area (Å²) in [6.07, 6.45) is 4.25. The maximum atomic E-state index is 13.9. The molecular weight excluding hydrogens is 572 g/mol. The van der Waals surface area contributed by atoms with Gasteiger partial charge in [0.05, 0.1) is 24.2 Å². The van der Waals surface area contributed by atoms with Crippen LogP contribution in [-0.4, -0.2) is 47.8 Å². The molecule has 41 heavy (non-hydrogen) atoms. The molecule has 5 rings (SSSR count). The fourth-order valence-electron chi connectivity index (χ4n) is 6.61. The molecule has 2 aromatic rings. The van der Waals surface area contributed by atoms with Gasteiger partial charge < -0.3 is 33.8 Å². The summed E-state index contributed by atoms with van der Waals surface area (Å²) < 4.78 is 37.0. The first kappa shape index (κ1) is 31.9. The fraction of sp³-hybridized carbons (Fsp3) is 0.567. The molecule has 2 aromatic carbocycles. The van der Waals surface area contributed by atoms with Crippen molar-refractivity contribution in [3.63, 3.8) is 0 Å². The summed E-state index contributed by atoms with van der Waals surface area (Å²) >= 11 is 5.80. The van der Waals surface area contributed by atoms with Gasteiger partial charge in [-0.25, -0.2) is 4.39 Å². The van der Waals surface area contributed by atoms with Gasteiger partial charge in [0.15, 0.2) is 6.79 Å². The van der Waals surface area contributed by atoms with Gasteiger partial charge in [-0.3, -0.25) is 4.79 Å². The summed E-state index contributed by atoms with van der Waals surface area (Å²) in [6.45, 7) is 7.83. The van der Waals surface area contributed by atoms with Crippen molar-refractivity contribution < 1.29 is 37.7 Å². The van der Waals surface area contributed by atoms with Gasteiger partial charge in [0.1, 0.15) is 17.3 Å². The van der Waals surface area contributed by atoms with Crippen LogP contribution < -0.4 is 14.6 Å². The van der Waals surface area contributed by atoms with E-state index in [9.17, 15) is 19.0 Å². The first-order valence-electron chi connectivity index (χ1n) is 13.8. The number of aryl methyl sites for hydroxylation is 2. The van der Waals surface area contributed by atoms with Gasteiger partial charge in [0, 0.05) is 28.0 Å². The van der Waals surface area contributed by atoms with Crippen LogP contribution in [0.2, 0.25) is 5.02 Å². The van der Waals surface area contributed by atoms with Crippen LogP contribution in [0.1, 0.15) is 69.1 Å². The molecular formula is C30H40ClFNO7P. The van der Waals surface area contributed by atoms with Gasteiger partial charge in [-0.05, 0) is 82.3 Å². The summed E-state index contributed by atoms with van der Waals surface area (Å²) in [6, 6.07) is 8.16. The summed E-state index contributed by atoms with van der Waals surface area (Å²) in [5.74, 6) is -0.157. The van der Waals surface area contributed by atoms with Crippen molar-refractivity contribution in [1.82, 2.24) is 5.32 Å². The third kappa shape index (κ3) is 7.32. The smallest absolute Gasteiger partial charge is 0.391 e. The number of carbonyl (C=O) groups excluding carboxylic acids is 1. The van der Waals surface area contributed by atoms with E-state index >= 15 is 0 Å². The molecule has 1 atom stereocenters. The van der Waals surface area contributed by atoms with E-state index < -0.39 is 25.8 Å². The molecule has 1 unspecified atom stereocenters. The normalized spacial score (nSPS) is 24.0. The predicted molar refractivity (Wildman–Crippen MR) is 156 cm³/mol. The second-order valence-corrected chi connectivity index (χ2v) is 13.2. The first-order valence-corrected chi connectivity index (χ1v) is 15.3. The molecule has 2 bridgehead atoms. The topological polar surface area (TPSA) is 106 Å². The number of likely N-dealkylation sites (N-methyl/N-ethyl adjacent to an activating group) is 1. The highest BCUT2D eigenvalue weighted by Gasteiger charge is 2.55. The quantitative estimate of drug-likeness (QED) is 0.147. The molecule has 0 aromatic heterocycles. The van der Waals surface area contributed by atoms with E-state index in [1.165, 1.54) is 12.1 Å². The Morgan fingerprint density at radius 1 is 1.17 bits per heavy atom. The number of esters is 1. The Balaban J connectivity index is 1.37. The molecule has 3 fully saturated rings. The first-order chi connectivity index (χ1) is 19.3. The largest absolute Gasteiger partial charge is 0.493 e.